The van der Waals surface area contributed by atoms with Crippen LogP contribution in [0.5, 0.6) is 0 Å². The molecule has 0 saturated carbocycles. The third-order valence-corrected chi connectivity index (χ3v) is 3.37. The smallest absolute Gasteiger partial charge is 0.303 e. The fraction of sp³-hybridized carbons (Fsp3) is 0.400. The lowest BCUT2D eigenvalue weighted by Crippen LogP contribution is -2.01. The first kappa shape index (κ1) is 14.2. The maximum Gasteiger partial charge on any atom is 0.303 e. The van der Waals surface area contributed by atoms with Gasteiger partial charge in [0.15, 0.2) is 0 Å². The molecule has 0 amide bonds. The third-order valence-electron chi connectivity index (χ3n) is 3.37. The topological polar surface area (TPSA) is 68.0 Å². The van der Waals surface area contributed by atoms with Gasteiger partial charge in [0.05, 0.1) is 23.5 Å². The molecule has 2 aromatic rings. The van der Waals surface area contributed by atoms with Gasteiger partial charge in [-0.05, 0) is 30.5 Å². The Morgan fingerprint density at radius 3 is 2.50 bits per heavy atom. The second kappa shape index (κ2) is 5.86. The molecule has 0 atom stereocenters. The molecule has 1 heterocycles. The summed E-state index contributed by atoms with van der Waals surface area (Å²) in [6.45, 7) is 6.22. The molecule has 0 aliphatic heterocycles. The van der Waals surface area contributed by atoms with Gasteiger partial charge in [-0.3, -0.25) is 4.79 Å². The van der Waals surface area contributed by atoms with Crippen molar-refractivity contribution >= 4 is 5.97 Å². The summed E-state index contributed by atoms with van der Waals surface area (Å²) < 4.78 is 1.75. The molecule has 0 radical (unpaired) electrons. The summed E-state index contributed by atoms with van der Waals surface area (Å²) in [7, 11) is 0. The summed E-state index contributed by atoms with van der Waals surface area (Å²) in [6, 6.07) is 8.19. The molecule has 20 heavy (non-hydrogen) atoms. The fourth-order valence-electron chi connectivity index (χ4n) is 2.06. The zero-order valence-corrected chi connectivity index (χ0v) is 12.0. The van der Waals surface area contributed by atoms with Crippen LogP contribution in [0.15, 0.2) is 24.3 Å². The first-order valence-corrected chi connectivity index (χ1v) is 6.72. The highest BCUT2D eigenvalue weighted by Crippen LogP contribution is 2.18. The predicted octanol–water partition coefficient (Wildman–Crippen LogP) is 2.72. The van der Waals surface area contributed by atoms with Gasteiger partial charge in [-0.2, -0.15) is 0 Å². The number of hydrogen-bond donors (Lipinski definition) is 1. The van der Waals surface area contributed by atoms with Crippen LogP contribution in [0, 0.1) is 6.92 Å². The summed E-state index contributed by atoms with van der Waals surface area (Å²) in [5, 5.41) is 16.9. The molecule has 0 aliphatic carbocycles. The van der Waals surface area contributed by atoms with E-state index in [1.54, 1.807) is 4.68 Å². The molecule has 0 aliphatic rings. The lowest BCUT2D eigenvalue weighted by Gasteiger charge is -2.07. The fourth-order valence-corrected chi connectivity index (χ4v) is 2.06. The van der Waals surface area contributed by atoms with Crippen molar-refractivity contribution < 1.29 is 9.90 Å². The Kier molecular flexibility index (Phi) is 4.17. The largest absolute Gasteiger partial charge is 0.481 e. The molecule has 0 spiro atoms. The summed E-state index contributed by atoms with van der Waals surface area (Å²) in [5.41, 5.74) is 3.85. The van der Waals surface area contributed by atoms with E-state index in [0.717, 1.165) is 17.1 Å². The maximum absolute atomic E-state index is 10.6. The van der Waals surface area contributed by atoms with Gasteiger partial charge in [-0.1, -0.05) is 31.2 Å². The van der Waals surface area contributed by atoms with Crippen molar-refractivity contribution in [1.82, 2.24) is 15.0 Å². The Morgan fingerprint density at radius 1 is 1.30 bits per heavy atom. The van der Waals surface area contributed by atoms with Crippen molar-refractivity contribution in [2.24, 2.45) is 0 Å². The van der Waals surface area contributed by atoms with Crippen LogP contribution in [-0.4, -0.2) is 26.1 Å². The Morgan fingerprint density at radius 2 is 1.95 bits per heavy atom. The summed E-state index contributed by atoms with van der Waals surface area (Å²) in [5.74, 6) is -0.327. The first-order valence-electron chi connectivity index (χ1n) is 6.72. The molecule has 2 rings (SSSR count). The normalized spacial score (nSPS) is 11.0. The van der Waals surface area contributed by atoms with Gasteiger partial charge in [0.2, 0.25) is 0 Å². The summed E-state index contributed by atoms with van der Waals surface area (Å²) >= 11 is 0. The molecular formula is C15H19N3O2. The molecule has 5 heteroatoms. The zero-order valence-electron chi connectivity index (χ0n) is 12.0. The molecule has 0 fully saturated rings. The van der Waals surface area contributed by atoms with Crippen molar-refractivity contribution in [1.29, 1.82) is 0 Å². The number of carboxylic acid groups (broad SMARTS) is 1. The maximum atomic E-state index is 10.6. The highest BCUT2D eigenvalue weighted by molar-refractivity contribution is 5.67. The highest BCUT2D eigenvalue weighted by atomic mass is 16.4. The van der Waals surface area contributed by atoms with E-state index in [-0.39, 0.29) is 6.42 Å². The van der Waals surface area contributed by atoms with E-state index in [1.807, 2.05) is 19.1 Å². The van der Waals surface area contributed by atoms with Crippen LogP contribution in [0.25, 0.3) is 5.69 Å². The van der Waals surface area contributed by atoms with Crippen LogP contribution in [0.1, 0.15) is 43.1 Å². The molecule has 0 bridgehead atoms. The second-order valence-corrected chi connectivity index (χ2v) is 5.17. The Labute approximate surface area is 118 Å². The number of nitrogens with zero attached hydrogens (tertiary/aromatic N) is 3. The van der Waals surface area contributed by atoms with E-state index in [1.165, 1.54) is 5.56 Å². The monoisotopic (exact) mass is 273 g/mol. The van der Waals surface area contributed by atoms with Crippen molar-refractivity contribution in [3.05, 3.63) is 41.2 Å². The van der Waals surface area contributed by atoms with E-state index in [2.05, 4.69) is 36.3 Å². The molecule has 0 saturated heterocycles. The predicted molar refractivity (Wildman–Crippen MR) is 76.1 cm³/mol. The highest BCUT2D eigenvalue weighted by Gasteiger charge is 2.11. The Bertz CT molecular complexity index is 600. The molecule has 1 aromatic heterocycles. The molecule has 1 N–H and O–H groups in total. The van der Waals surface area contributed by atoms with E-state index >= 15 is 0 Å². The van der Waals surface area contributed by atoms with E-state index in [0.29, 0.717) is 12.3 Å². The standard InChI is InChI=1S/C15H19N3O2/c1-10(2)12-4-6-13(7-5-12)18-11(3)14(16-17-18)8-9-15(19)20/h4-7,10H,8-9H2,1-3H3,(H,19,20). The van der Waals surface area contributed by atoms with Gasteiger partial charge in [0, 0.05) is 6.42 Å². The van der Waals surface area contributed by atoms with Crippen molar-refractivity contribution in [3.63, 3.8) is 0 Å². The quantitative estimate of drug-likeness (QED) is 0.909. The van der Waals surface area contributed by atoms with Gasteiger partial charge in [0.25, 0.3) is 0 Å². The lowest BCUT2D eigenvalue weighted by molar-refractivity contribution is -0.136. The number of hydrogen-bond acceptors (Lipinski definition) is 3. The second-order valence-electron chi connectivity index (χ2n) is 5.17. The number of carbonyl (C=O) groups is 1. The van der Waals surface area contributed by atoms with Gasteiger partial charge in [-0.25, -0.2) is 4.68 Å². The van der Waals surface area contributed by atoms with Gasteiger partial charge >= 0.3 is 5.97 Å². The van der Waals surface area contributed by atoms with Gasteiger partial charge < -0.3 is 5.11 Å². The molecule has 0 unspecified atom stereocenters. The zero-order chi connectivity index (χ0) is 14.7. The van der Waals surface area contributed by atoms with Crippen molar-refractivity contribution in [2.45, 2.75) is 39.5 Å². The first-order chi connectivity index (χ1) is 9.49. The Balaban J connectivity index is 2.22. The Hall–Kier alpha value is -2.17. The van der Waals surface area contributed by atoms with Crippen LogP contribution in [-0.2, 0) is 11.2 Å². The molecule has 5 nitrogen and oxygen atoms in total. The van der Waals surface area contributed by atoms with Gasteiger partial charge in [0.1, 0.15) is 0 Å². The van der Waals surface area contributed by atoms with E-state index < -0.39 is 5.97 Å². The minimum Gasteiger partial charge on any atom is -0.481 e. The summed E-state index contributed by atoms with van der Waals surface area (Å²) in [6.07, 6.45) is 0.483. The van der Waals surface area contributed by atoms with Crippen LogP contribution in [0.2, 0.25) is 0 Å². The number of aliphatic carboxylic acids is 1. The number of benzene rings is 1. The average Bonchev–Trinajstić information content (AvgIpc) is 2.78. The minimum atomic E-state index is -0.819. The number of carboxylic acids is 1. The molecule has 1 aromatic carbocycles. The van der Waals surface area contributed by atoms with Crippen LogP contribution in [0.4, 0.5) is 0 Å². The number of rotatable bonds is 5. The lowest BCUT2D eigenvalue weighted by atomic mass is 10.0. The minimum absolute atomic E-state index is 0.0752. The third kappa shape index (κ3) is 3.04. The SMILES string of the molecule is Cc1c(CCC(=O)O)nnn1-c1ccc(C(C)C)cc1. The van der Waals surface area contributed by atoms with Crippen LogP contribution >= 0.6 is 0 Å². The van der Waals surface area contributed by atoms with E-state index in [9.17, 15) is 4.79 Å². The number of aromatic nitrogens is 3. The van der Waals surface area contributed by atoms with Crippen molar-refractivity contribution in [2.75, 3.05) is 0 Å². The molecular weight excluding hydrogens is 254 g/mol. The molecule has 106 valence electrons. The average molecular weight is 273 g/mol. The van der Waals surface area contributed by atoms with Crippen LogP contribution < -0.4 is 0 Å². The van der Waals surface area contributed by atoms with Crippen LogP contribution in [0.3, 0.4) is 0 Å². The van der Waals surface area contributed by atoms with Crippen molar-refractivity contribution in [3.8, 4) is 5.69 Å². The summed E-state index contributed by atoms with van der Waals surface area (Å²) in [4.78, 5) is 10.6. The van der Waals surface area contributed by atoms with Gasteiger partial charge in [-0.15, -0.1) is 5.10 Å². The number of aryl methyl sites for hydroxylation is 1. The van der Waals surface area contributed by atoms with E-state index in [4.69, 9.17) is 5.11 Å².